The third kappa shape index (κ3) is 3.23. The molecule has 1 saturated heterocycles. The maximum atomic E-state index is 10.9. The third-order valence-electron chi connectivity index (χ3n) is 2.37. The number of likely N-dealkylation sites (tertiary alicyclic amines) is 1. The van der Waals surface area contributed by atoms with Gasteiger partial charge >= 0.3 is 0 Å². The average Bonchev–Trinajstić information content (AvgIpc) is 2.06. The highest BCUT2D eigenvalue weighted by molar-refractivity contribution is 9.18. The van der Waals surface area contributed by atoms with Crippen LogP contribution in [0.25, 0.3) is 0 Å². The highest BCUT2D eigenvalue weighted by atomic mass is 79.9. The first-order chi connectivity index (χ1) is 5.70. The number of rotatable bonds is 3. The monoisotopic (exact) mass is 233 g/mol. The van der Waals surface area contributed by atoms with Crippen molar-refractivity contribution in [1.29, 1.82) is 0 Å². The van der Waals surface area contributed by atoms with Crippen LogP contribution in [0.1, 0.15) is 26.2 Å². The van der Waals surface area contributed by atoms with Crippen molar-refractivity contribution in [1.82, 2.24) is 4.90 Å². The van der Waals surface area contributed by atoms with Gasteiger partial charge in [-0.25, -0.2) is 0 Å². The molecule has 1 heterocycles. The topological polar surface area (TPSA) is 20.3 Å². The van der Waals surface area contributed by atoms with E-state index in [9.17, 15) is 4.79 Å². The summed E-state index contributed by atoms with van der Waals surface area (Å²) in [5.41, 5.74) is 0. The third-order valence-corrected chi connectivity index (χ3v) is 3.15. The molecule has 0 saturated carbocycles. The molecule has 3 heteroatoms. The van der Waals surface area contributed by atoms with Gasteiger partial charge in [0.2, 0.25) is 4.69 Å². The first-order valence-corrected chi connectivity index (χ1v) is 5.41. The fourth-order valence-electron chi connectivity index (χ4n) is 1.60. The van der Waals surface area contributed by atoms with Crippen molar-refractivity contribution in [3.05, 3.63) is 0 Å². The lowest BCUT2D eigenvalue weighted by atomic mass is 10.1. The molecule has 0 N–H and O–H groups in total. The van der Waals surface area contributed by atoms with Crippen LogP contribution in [0.4, 0.5) is 0 Å². The molecule has 1 aliphatic rings. The minimum absolute atomic E-state index is 0.132. The molecule has 0 aromatic heterocycles. The Labute approximate surface area is 82.4 Å². The smallest absolute Gasteiger partial charge is 0.201 e. The van der Waals surface area contributed by atoms with Crippen LogP contribution in [-0.4, -0.2) is 29.2 Å². The van der Waals surface area contributed by atoms with Gasteiger partial charge in [0.15, 0.2) is 0 Å². The van der Waals surface area contributed by atoms with Crippen LogP contribution >= 0.6 is 15.9 Å². The summed E-state index contributed by atoms with van der Waals surface area (Å²) in [5.74, 6) is 0.142. The number of hydrogen-bond donors (Lipinski definition) is 0. The van der Waals surface area contributed by atoms with Gasteiger partial charge < -0.3 is 4.90 Å². The molecule has 1 unspecified atom stereocenters. The fraction of sp³-hybridized carbons (Fsp3) is 0.889. The molecule has 1 aliphatic heterocycles. The van der Waals surface area contributed by atoms with E-state index in [0.717, 1.165) is 6.54 Å². The molecule has 0 aromatic carbocycles. The summed E-state index contributed by atoms with van der Waals surface area (Å²) in [5, 5.41) is 0. The SMILES string of the molecule is CC(CN1CCCCC1)C(=O)Br. The standard InChI is InChI=1S/C9H16BrNO/c1-8(9(10)12)7-11-5-3-2-4-6-11/h8H,2-7H2,1H3. The number of carbonyl (C=O) groups is 1. The molecule has 70 valence electrons. The molecule has 1 atom stereocenters. The van der Waals surface area contributed by atoms with Crippen molar-refractivity contribution in [2.75, 3.05) is 19.6 Å². The molecule has 0 amide bonds. The van der Waals surface area contributed by atoms with Crippen LogP contribution in [0.5, 0.6) is 0 Å². The van der Waals surface area contributed by atoms with Crippen LogP contribution in [0.2, 0.25) is 0 Å². The second-order valence-corrected chi connectivity index (χ2v) is 4.35. The molecule has 2 nitrogen and oxygen atoms in total. The van der Waals surface area contributed by atoms with E-state index in [-0.39, 0.29) is 10.6 Å². The summed E-state index contributed by atoms with van der Waals surface area (Å²) in [6.07, 6.45) is 3.94. The largest absolute Gasteiger partial charge is 0.303 e. The number of hydrogen-bond acceptors (Lipinski definition) is 2. The van der Waals surface area contributed by atoms with Crippen LogP contribution in [0, 0.1) is 5.92 Å². The summed E-state index contributed by atoms with van der Waals surface area (Å²) in [6.45, 7) is 5.24. The number of piperidine rings is 1. The van der Waals surface area contributed by atoms with Gasteiger partial charge in [-0.2, -0.15) is 0 Å². The van der Waals surface area contributed by atoms with Gasteiger partial charge in [0.25, 0.3) is 0 Å². The lowest BCUT2D eigenvalue weighted by molar-refractivity contribution is -0.113. The Morgan fingerprint density at radius 3 is 2.50 bits per heavy atom. The zero-order chi connectivity index (χ0) is 8.97. The van der Waals surface area contributed by atoms with E-state index >= 15 is 0 Å². The van der Waals surface area contributed by atoms with Crippen molar-refractivity contribution in [3.8, 4) is 0 Å². The first kappa shape index (κ1) is 10.2. The fourth-order valence-corrected chi connectivity index (χ4v) is 1.75. The quantitative estimate of drug-likeness (QED) is 0.696. The molecule has 1 rings (SSSR count). The van der Waals surface area contributed by atoms with E-state index in [4.69, 9.17) is 0 Å². The second-order valence-electron chi connectivity index (χ2n) is 3.57. The van der Waals surface area contributed by atoms with Gasteiger partial charge in [0, 0.05) is 12.5 Å². The van der Waals surface area contributed by atoms with Gasteiger partial charge in [0.05, 0.1) is 0 Å². The Bertz CT molecular complexity index is 155. The molecule has 0 spiro atoms. The molecule has 0 aromatic rings. The van der Waals surface area contributed by atoms with Crippen molar-refractivity contribution < 1.29 is 4.79 Å². The van der Waals surface area contributed by atoms with E-state index < -0.39 is 0 Å². The summed E-state index contributed by atoms with van der Waals surface area (Å²) < 4.78 is 0.132. The summed E-state index contributed by atoms with van der Waals surface area (Å²) >= 11 is 3.00. The highest BCUT2D eigenvalue weighted by Crippen LogP contribution is 2.12. The Morgan fingerprint density at radius 2 is 2.00 bits per heavy atom. The van der Waals surface area contributed by atoms with Crippen LogP contribution in [0.3, 0.4) is 0 Å². The maximum absolute atomic E-state index is 10.9. The van der Waals surface area contributed by atoms with E-state index in [2.05, 4.69) is 20.8 Å². The molecule has 0 radical (unpaired) electrons. The van der Waals surface area contributed by atoms with E-state index in [0.29, 0.717) is 0 Å². The van der Waals surface area contributed by atoms with Gasteiger partial charge in [-0.1, -0.05) is 13.3 Å². The lowest BCUT2D eigenvalue weighted by Gasteiger charge is -2.27. The van der Waals surface area contributed by atoms with E-state index in [1.807, 2.05) is 6.92 Å². The predicted molar refractivity (Wildman–Crippen MR) is 53.4 cm³/mol. The van der Waals surface area contributed by atoms with Crippen LogP contribution in [-0.2, 0) is 4.79 Å². The van der Waals surface area contributed by atoms with E-state index in [1.54, 1.807) is 0 Å². The number of nitrogens with zero attached hydrogens (tertiary/aromatic N) is 1. The van der Waals surface area contributed by atoms with Gasteiger partial charge in [-0.15, -0.1) is 0 Å². The Morgan fingerprint density at radius 1 is 1.42 bits per heavy atom. The van der Waals surface area contributed by atoms with Crippen molar-refractivity contribution >= 4 is 20.6 Å². The van der Waals surface area contributed by atoms with Gasteiger partial charge in [0.1, 0.15) is 0 Å². The molecule has 1 fully saturated rings. The minimum atomic E-state index is 0.132. The molecule has 0 bridgehead atoms. The summed E-state index contributed by atoms with van der Waals surface area (Å²) in [7, 11) is 0. The normalized spacial score (nSPS) is 22.2. The minimum Gasteiger partial charge on any atom is -0.303 e. The highest BCUT2D eigenvalue weighted by Gasteiger charge is 2.16. The van der Waals surface area contributed by atoms with Crippen molar-refractivity contribution in [2.45, 2.75) is 26.2 Å². The second kappa shape index (κ2) is 4.97. The van der Waals surface area contributed by atoms with Crippen LogP contribution in [0.15, 0.2) is 0 Å². The first-order valence-electron chi connectivity index (χ1n) is 4.62. The van der Waals surface area contributed by atoms with Gasteiger partial charge in [-0.05, 0) is 41.9 Å². The Balaban J connectivity index is 2.24. The molecule has 12 heavy (non-hydrogen) atoms. The van der Waals surface area contributed by atoms with Crippen molar-refractivity contribution in [3.63, 3.8) is 0 Å². The predicted octanol–water partition coefficient (Wildman–Crippen LogP) is 2.03. The summed E-state index contributed by atoms with van der Waals surface area (Å²) in [6, 6.07) is 0. The Hall–Kier alpha value is 0.110. The maximum Gasteiger partial charge on any atom is 0.201 e. The molecular weight excluding hydrogens is 218 g/mol. The lowest BCUT2D eigenvalue weighted by Crippen LogP contribution is -2.34. The molecule has 0 aliphatic carbocycles. The number of carbonyl (C=O) groups excluding carboxylic acids is 1. The summed E-state index contributed by atoms with van der Waals surface area (Å²) in [4.78, 5) is 13.3. The average molecular weight is 234 g/mol. The van der Waals surface area contributed by atoms with E-state index in [1.165, 1.54) is 32.4 Å². The zero-order valence-corrected chi connectivity index (χ0v) is 9.14. The zero-order valence-electron chi connectivity index (χ0n) is 7.55. The molecular formula is C9H16BrNO. The van der Waals surface area contributed by atoms with Crippen LogP contribution < -0.4 is 0 Å². The number of halogens is 1. The van der Waals surface area contributed by atoms with Crippen molar-refractivity contribution in [2.24, 2.45) is 5.92 Å². The van der Waals surface area contributed by atoms with Gasteiger partial charge in [-0.3, -0.25) is 4.79 Å². The Kier molecular flexibility index (Phi) is 4.22.